The van der Waals surface area contributed by atoms with E-state index in [0.717, 1.165) is 5.76 Å². The van der Waals surface area contributed by atoms with Crippen LogP contribution in [0.3, 0.4) is 0 Å². The molecule has 3 N–H and O–H groups in total. The molecule has 2 heterocycles. The highest BCUT2D eigenvalue weighted by Gasteiger charge is 2.10. The van der Waals surface area contributed by atoms with Crippen LogP contribution in [0.2, 0.25) is 0 Å². The molecule has 0 aliphatic rings. The fraction of sp³-hybridized carbons (Fsp3) is 0.385. The fourth-order valence-corrected chi connectivity index (χ4v) is 1.68. The van der Waals surface area contributed by atoms with Crippen molar-refractivity contribution in [3.63, 3.8) is 0 Å². The monoisotopic (exact) mass is 262 g/mol. The molecule has 1 atom stereocenters. The van der Waals surface area contributed by atoms with Gasteiger partial charge in [0.2, 0.25) is 0 Å². The lowest BCUT2D eigenvalue weighted by Crippen LogP contribution is -2.10. The first-order valence-corrected chi connectivity index (χ1v) is 6.20. The maximum absolute atomic E-state index is 5.76. The molecule has 19 heavy (non-hydrogen) atoms. The summed E-state index contributed by atoms with van der Waals surface area (Å²) in [5, 5.41) is 3.22. The minimum absolute atomic E-state index is 0.00393. The Hall–Kier alpha value is -2.08. The standard InChI is InChI=1S/C13H18N4O2/c1-3-18-8-13-16-11(14)7-12(17-13)15-9(2)10-5-4-6-19-10/h4-7,9H,3,8H2,1-2H3,(H3,14,15,16,17). The lowest BCUT2D eigenvalue weighted by molar-refractivity contribution is 0.128. The van der Waals surface area contributed by atoms with Crippen molar-refractivity contribution < 1.29 is 9.15 Å². The van der Waals surface area contributed by atoms with E-state index in [-0.39, 0.29) is 6.04 Å². The molecule has 2 rings (SSSR count). The molecule has 0 spiro atoms. The summed E-state index contributed by atoms with van der Waals surface area (Å²) < 4.78 is 10.6. The number of anilines is 2. The Balaban J connectivity index is 2.09. The van der Waals surface area contributed by atoms with Crippen LogP contribution in [-0.2, 0) is 11.3 Å². The van der Waals surface area contributed by atoms with Crippen molar-refractivity contribution in [3.05, 3.63) is 36.0 Å². The zero-order valence-corrected chi connectivity index (χ0v) is 11.1. The molecule has 0 saturated carbocycles. The van der Waals surface area contributed by atoms with E-state index in [1.165, 1.54) is 0 Å². The van der Waals surface area contributed by atoms with E-state index in [4.69, 9.17) is 14.9 Å². The van der Waals surface area contributed by atoms with Crippen molar-refractivity contribution in [2.75, 3.05) is 17.7 Å². The largest absolute Gasteiger partial charge is 0.467 e. The van der Waals surface area contributed by atoms with Gasteiger partial charge in [-0.05, 0) is 26.0 Å². The highest BCUT2D eigenvalue weighted by molar-refractivity contribution is 5.45. The maximum Gasteiger partial charge on any atom is 0.158 e. The molecule has 6 nitrogen and oxygen atoms in total. The Morgan fingerprint density at radius 3 is 3.00 bits per heavy atom. The summed E-state index contributed by atoms with van der Waals surface area (Å²) in [6, 6.07) is 5.45. The Kier molecular flexibility index (Phi) is 4.35. The van der Waals surface area contributed by atoms with E-state index in [2.05, 4.69) is 15.3 Å². The number of hydrogen-bond donors (Lipinski definition) is 2. The second-order valence-corrected chi connectivity index (χ2v) is 4.11. The topological polar surface area (TPSA) is 86.2 Å². The normalized spacial score (nSPS) is 12.3. The fourth-order valence-electron chi connectivity index (χ4n) is 1.68. The third kappa shape index (κ3) is 3.69. The van der Waals surface area contributed by atoms with Gasteiger partial charge in [-0.25, -0.2) is 9.97 Å². The van der Waals surface area contributed by atoms with Crippen molar-refractivity contribution in [2.24, 2.45) is 0 Å². The molecule has 102 valence electrons. The predicted octanol–water partition coefficient (Wildman–Crippen LogP) is 2.36. The van der Waals surface area contributed by atoms with Crippen LogP contribution in [0.1, 0.15) is 31.5 Å². The number of nitrogens with one attached hydrogen (secondary N) is 1. The SMILES string of the molecule is CCOCc1nc(N)cc(NC(C)c2ccco2)n1. The van der Waals surface area contributed by atoms with E-state index in [0.29, 0.717) is 30.7 Å². The quantitative estimate of drug-likeness (QED) is 0.831. The minimum Gasteiger partial charge on any atom is -0.467 e. The van der Waals surface area contributed by atoms with Gasteiger partial charge < -0.3 is 20.2 Å². The van der Waals surface area contributed by atoms with E-state index in [9.17, 15) is 0 Å². The molecular weight excluding hydrogens is 244 g/mol. The van der Waals surface area contributed by atoms with Crippen LogP contribution in [0, 0.1) is 0 Å². The van der Waals surface area contributed by atoms with Gasteiger partial charge in [0.25, 0.3) is 0 Å². The average Bonchev–Trinajstić information content (AvgIpc) is 2.89. The molecule has 1 unspecified atom stereocenters. The van der Waals surface area contributed by atoms with Gasteiger partial charge in [-0.3, -0.25) is 0 Å². The van der Waals surface area contributed by atoms with Crippen molar-refractivity contribution in [3.8, 4) is 0 Å². The zero-order chi connectivity index (χ0) is 13.7. The average molecular weight is 262 g/mol. The number of hydrogen-bond acceptors (Lipinski definition) is 6. The van der Waals surface area contributed by atoms with Crippen LogP contribution in [0.15, 0.2) is 28.9 Å². The molecule has 0 saturated heterocycles. The van der Waals surface area contributed by atoms with E-state index in [1.807, 2.05) is 26.0 Å². The molecule has 0 bridgehead atoms. The molecule has 0 aliphatic heterocycles. The number of furan rings is 1. The Labute approximate surface area is 112 Å². The van der Waals surface area contributed by atoms with Crippen LogP contribution >= 0.6 is 0 Å². The summed E-state index contributed by atoms with van der Waals surface area (Å²) in [5.41, 5.74) is 5.76. The first-order chi connectivity index (χ1) is 9.19. The Morgan fingerprint density at radius 2 is 2.32 bits per heavy atom. The number of ether oxygens (including phenoxy) is 1. The summed E-state index contributed by atoms with van der Waals surface area (Å²) in [6.07, 6.45) is 1.64. The van der Waals surface area contributed by atoms with Crippen LogP contribution in [0.5, 0.6) is 0 Å². The van der Waals surface area contributed by atoms with Crippen LogP contribution < -0.4 is 11.1 Å². The number of rotatable bonds is 6. The number of nitrogen functional groups attached to an aromatic ring is 1. The third-order valence-corrected chi connectivity index (χ3v) is 2.56. The summed E-state index contributed by atoms with van der Waals surface area (Å²) in [7, 11) is 0. The summed E-state index contributed by atoms with van der Waals surface area (Å²) >= 11 is 0. The van der Waals surface area contributed by atoms with Crippen molar-refractivity contribution in [1.82, 2.24) is 9.97 Å². The van der Waals surface area contributed by atoms with Crippen LogP contribution in [0.4, 0.5) is 11.6 Å². The van der Waals surface area contributed by atoms with Gasteiger partial charge in [0, 0.05) is 12.7 Å². The summed E-state index contributed by atoms with van der Waals surface area (Å²) in [5.74, 6) is 2.48. The van der Waals surface area contributed by atoms with Crippen molar-refractivity contribution in [2.45, 2.75) is 26.5 Å². The first kappa shape index (κ1) is 13.4. The minimum atomic E-state index is 0.00393. The van der Waals surface area contributed by atoms with Crippen molar-refractivity contribution in [1.29, 1.82) is 0 Å². The van der Waals surface area contributed by atoms with Gasteiger partial charge in [0.1, 0.15) is 24.0 Å². The molecule has 0 fully saturated rings. The Morgan fingerprint density at radius 1 is 1.47 bits per heavy atom. The number of aromatic nitrogens is 2. The van der Waals surface area contributed by atoms with Gasteiger partial charge in [0.05, 0.1) is 12.3 Å². The zero-order valence-electron chi connectivity index (χ0n) is 11.1. The van der Waals surface area contributed by atoms with Gasteiger partial charge in [-0.2, -0.15) is 0 Å². The smallest absolute Gasteiger partial charge is 0.158 e. The molecule has 0 aliphatic carbocycles. The third-order valence-electron chi connectivity index (χ3n) is 2.56. The van der Waals surface area contributed by atoms with Gasteiger partial charge in [-0.15, -0.1) is 0 Å². The maximum atomic E-state index is 5.76. The number of nitrogens with two attached hydrogens (primary N) is 1. The van der Waals surface area contributed by atoms with E-state index < -0.39 is 0 Å². The molecular formula is C13H18N4O2. The van der Waals surface area contributed by atoms with Gasteiger partial charge >= 0.3 is 0 Å². The van der Waals surface area contributed by atoms with Crippen molar-refractivity contribution >= 4 is 11.6 Å². The van der Waals surface area contributed by atoms with Gasteiger partial charge in [-0.1, -0.05) is 0 Å². The molecule has 6 heteroatoms. The second kappa shape index (κ2) is 6.19. The van der Waals surface area contributed by atoms with E-state index >= 15 is 0 Å². The molecule has 0 aromatic carbocycles. The van der Waals surface area contributed by atoms with E-state index in [1.54, 1.807) is 12.3 Å². The highest BCUT2D eigenvalue weighted by atomic mass is 16.5. The number of nitrogens with zero attached hydrogens (tertiary/aromatic N) is 2. The van der Waals surface area contributed by atoms with Crippen LogP contribution in [0.25, 0.3) is 0 Å². The second-order valence-electron chi connectivity index (χ2n) is 4.11. The summed E-state index contributed by atoms with van der Waals surface area (Å²) in [4.78, 5) is 8.47. The lowest BCUT2D eigenvalue weighted by Gasteiger charge is -2.13. The summed E-state index contributed by atoms with van der Waals surface area (Å²) in [6.45, 7) is 4.87. The lowest BCUT2D eigenvalue weighted by atomic mass is 10.2. The molecule has 0 amide bonds. The first-order valence-electron chi connectivity index (χ1n) is 6.20. The van der Waals surface area contributed by atoms with Crippen LogP contribution in [-0.4, -0.2) is 16.6 Å². The highest BCUT2D eigenvalue weighted by Crippen LogP contribution is 2.19. The molecule has 0 radical (unpaired) electrons. The molecule has 2 aromatic rings. The van der Waals surface area contributed by atoms with Gasteiger partial charge in [0.15, 0.2) is 5.82 Å². The Bertz CT molecular complexity index is 513. The molecule has 2 aromatic heterocycles. The predicted molar refractivity (Wildman–Crippen MR) is 72.5 cm³/mol.